The highest BCUT2D eigenvalue weighted by molar-refractivity contribution is 5.93. The predicted octanol–water partition coefficient (Wildman–Crippen LogP) is 3.88. The molecule has 0 radical (unpaired) electrons. The normalized spacial score (nSPS) is 18.0. The number of nitrogens with two attached hydrogens (primary N) is 1. The average Bonchev–Trinajstić information content (AvgIpc) is 3.16. The number of nitrogens with one attached hydrogen (secondary N) is 1. The molecule has 1 aromatic heterocycles. The summed E-state index contributed by atoms with van der Waals surface area (Å²) in [6, 6.07) is 16.2. The zero-order valence-electron chi connectivity index (χ0n) is 16.9. The molecule has 1 aliphatic heterocycles. The Morgan fingerprint density at radius 1 is 1.24 bits per heavy atom. The van der Waals surface area contributed by atoms with Gasteiger partial charge in [-0.25, -0.2) is 0 Å². The first-order chi connectivity index (χ1) is 14.1. The first-order valence-corrected chi connectivity index (χ1v) is 10.4. The van der Waals surface area contributed by atoms with Gasteiger partial charge >= 0.3 is 0 Å². The third-order valence-electron chi connectivity index (χ3n) is 5.88. The minimum absolute atomic E-state index is 0.122. The van der Waals surface area contributed by atoms with E-state index in [-0.39, 0.29) is 11.9 Å². The lowest BCUT2D eigenvalue weighted by Crippen LogP contribution is -2.45. The Bertz CT molecular complexity index is 965. The van der Waals surface area contributed by atoms with Crippen molar-refractivity contribution >= 4 is 16.8 Å². The Hall–Kier alpha value is -2.79. The third-order valence-corrected chi connectivity index (χ3v) is 5.88. The summed E-state index contributed by atoms with van der Waals surface area (Å²) in [5.41, 5.74) is 9.17. The first-order valence-electron chi connectivity index (χ1n) is 10.4. The summed E-state index contributed by atoms with van der Waals surface area (Å²) in [6.45, 7) is 4.12. The molecule has 4 rings (SSSR count). The molecule has 0 aliphatic carbocycles. The van der Waals surface area contributed by atoms with Gasteiger partial charge in [-0.3, -0.25) is 4.79 Å². The van der Waals surface area contributed by atoms with Crippen molar-refractivity contribution in [1.82, 2.24) is 9.88 Å². The molecule has 0 saturated carbocycles. The van der Waals surface area contributed by atoms with Crippen LogP contribution in [0.15, 0.2) is 54.7 Å². The number of hydrogen-bond acceptors (Lipinski definition) is 3. The molecule has 0 spiro atoms. The molecule has 5 nitrogen and oxygen atoms in total. The van der Waals surface area contributed by atoms with Crippen LogP contribution >= 0.6 is 0 Å². The molecule has 2 aromatic carbocycles. The maximum atomic E-state index is 13.0. The maximum absolute atomic E-state index is 13.0. The van der Waals surface area contributed by atoms with E-state index >= 15 is 0 Å². The van der Waals surface area contributed by atoms with Crippen LogP contribution in [0.4, 0.5) is 0 Å². The molecule has 29 heavy (non-hydrogen) atoms. The number of carbonyl (C=O) groups excluding carboxylic acids is 1. The van der Waals surface area contributed by atoms with Crippen LogP contribution in [-0.2, 0) is 17.8 Å². The smallest absolute Gasteiger partial charge is 0.227 e. The van der Waals surface area contributed by atoms with Crippen LogP contribution in [0, 0.1) is 5.92 Å². The quantitative estimate of drug-likeness (QED) is 0.670. The zero-order chi connectivity index (χ0) is 20.2. The Kier molecular flexibility index (Phi) is 5.86. The standard InChI is InChI=1S/C24H29N3O2/c1-17(25)19-9-6-12-27(15-19)23(28)13-20-14-26-21-10-5-11-22(24(20)21)29-16-18-7-3-2-4-8-18/h2-5,7-8,10-11,14,17,19,26H,6,9,12-13,15-16,25H2,1H3. The number of hydrogen-bond donors (Lipinski definition) is 2. The van der Waals surface area contributed by atoms with E-state index in [0.717, 1.165) is 53.7 Å². The van der Waals surface area contributed by atoms with Crippen molar-refractivity contribution < 1.29 is 9.53 Å². The predicted molar refractivity (Wildman–Crippen MR) is 116 cm³/mol. The highest BCUT2D eigenvalue weighted by atomic mass is 16.5. The molecular weight excluding hydrogens is 362 g/mol. The van der Waals surface area contributed by atoms with Gasteiger partial charge in [0, 0.05) is 36.2 Å². The number of rotatable bonds is 6. The van der Waals surface area contributed by atoms with Crippen molar-refractivity contribution in [3.8, 4) is 5.75 Å². The SMILES string of the molecule is CC(N)C1CCCN(C(=O)Cc2c[nH]c3cccc(OCc4ccccc4)c23)C1. The molecule has 1 amide bonds. The van der Waals surface area contributed by atoms with E-state index in [2.05, 4.69) is 4.98 Å². The Balaban J connectivity index is 1.51. The van der Waals surface area contributed by atoms with E-state index in [1.807, 2.05) is 66.6 Å². The van der Waals surface area contributed by atoms with Gasteiger partial charge in [0.05, 0.1) is 6.42 Å². The highest BCUT2D eigenvalue weighted by Gasteiger charge is 2.26. The Morgan fingerprint density at radius 2 is 2.07 bits per heavy atom. The van der Waals surface area contributed by atoms with E-state index in [9.17, 15) is 4.79 Å². The van der Waals surface area contributed by atoms with Gasteiger partial charge in [0.25, 0.3) is 0 Å². The van der Waals surface area contributed by atoms with Gasteiger partial charge in [-0.1, -0.05) is 36.4 Å². The molecule has 3 N–H and O–H groups in total. The fourth-order valence-corrected chi connectivity index (χ4v) is 4.16. The number of aromatic amines is 1. The number of carbonyl (C=O) groups is 1. The minimum atomic E-state index is 0.122. The highest BCUT2D eigenvalue weighted by Crippen LogP contribution is 2.30. The van der Waals surface area contributed by atoms with Crippen molar-refractivity contribution in [1.29, 1.82) is 0 Å². The van der Waals surface area contributed by atoms with Crippen LogP contribution in [-0.4, -0.2) is 34.9 Å². The number of amides is 1. The summed E-state index contributed by atoms with van der Waals surface area (Å²) in [4.78, 5) is 18.3. The van der Waals surface area contributed by atoms with Gasteiger partial charge in [-0.2, -0.15) is 0 Å². The summed E-state index contributed by atoms with van der Waals surface area (Å²) >= 11 is 0. The number of ether oxygens (including phenoxy) is 1. The lowest BCUT2D eigenvalue weighted by Gasteiger charge is -2.34. The molecule has 152 valence electrons. The number of aromatic nitrogens is 1. The van der Waals surface area contributed by atoms with Gasteiger partial charge < -0.3 is 20.4 Å². The fourth-order valence-electron chi connectivity index (χ4n) is 4.16. The van der Waals surface area contributed by atoms with Crippen LogP contribution in [0.3, 0.4) is 0 Å². The van der Waals surface area contributed by atoms with Gasteiger partial charge in [0.15, 0.2) is 0 Å². The van der Waals surface area contributed by atoms with Gasteiger partial charge in [0.1, 0.15) is 12.4 Å². The number of nitrogens with zero attached hydrogens (tertiary/aromatic N) is 1. The molecule has 3 aromatic rings. The number of benzene rings is 2. The molecule has 2 unspecified atom stereocenters. The molecule has 1 fully saturated rings. The summed E-state index contributed by atoms with van der Waals surface area (Å²) in [5, 5.41) is 0.998. The largest absolute Gasteiger partial charge is 0.488 e. The van der Waals surface area contributed by atoms with Crippen molar-refractivity contribution in [3.05, 3.63) is 65.9 Å². The van der Waals surface area contributed by atoms with Crippen molar-refractivity contribution in [2.45, 2.75) is 38.8 Å². The second-order valence-corrected chi connectivity index (χ2v) is 8.04. The van der Waals surface area contributed by atoms with E-state index in [0.29, 0.717) is 18.9 Å². The summed E-state index contributed by atoms with van der Waals surface area (Å²) in [7, 11) is 0. The van der Waals surface area contributed by atoms with Crippen molar-refractivity contribution in [3.63, 3.8) is 0 Å². The van der Waals surface area contributed by atoms with Crippen LogP contribution in [0.25, 0.3) is 10.9 Å². The number of H-pyrrole nitrogens is 1. The second kappa shape index (κ2) is 8.70. The monoisotopic (exact) mass is 391 g/mol. The van der Waals surface area contributed by atoms with E-state index in [1.165, 1.54) is 0 Å². The van der Waals surface area contributed by atoms with Crippen LogP contribution in [0.2, 0.25) is 0 Å². The maximum Gasteiger partial charge on any atom is 0.227 e. The van der Waals surface area contributed by atoms with Gasteiger partial charge in [-0.15, -0.1) is 0 Å². The van der Waals surface area contributed by atoms with E-state index < -0.39 is 0 Å². The average molecular weight is 392 g/mol. The lowest BCUT2D eigenvalue weighted by atomic mass is 9.92. The summed E-state index contributed by atoms with van der Waals surface area (Å²) in [6.07, 6.45) is 4.44. The Morgan fingerprint density at radius 3 is 2.86 bits per heavy atom. The molecule has 5 heteroatoms. The second-order valence-electron chi connectivity index (χ2n) is 8.04. The van der Waals surface area contributed by atoms with Crippen molar-refractivity contribution in [2.75, 3.05) is 13.1 Å². The zero-order valence-corrected chi connectivity index (χ0v) is 16.9. The molecule has 1 aliphatic rings. The molecular formula is C24H29N3O2. The van der Waals surface area contributed by atoms with Crippen LogP contribution in [0.1, 0.15) is 30.9 Å². The number of piperidine rings is 1. The fraction of sp³-hybridized carbons (Fsp3) is 0.375. The number of fused-ring (bicyclic) bond motifs is 1. The topological polar surface area (TPSA) is 71.3 Å². The summed E-state index contributed by atoms with van der Waals surface area (Å²) in [5.74, 6) is 1.36. The first kappa shape index (κ1) is 19.5. The van der Waals surface area contributed by atoms with Gasteiger partial charge in [0.2, 0.25) is 5.91 Å². The summed E-state index contributed by atoms with van der Waals surface area (Å²) < 4.78 is 6.12. The Labute approximate surface area is 171 Å². The van der Waals surface area contributed by atoms with Crippen LogP contribution in [0.5, 0.6) is 5.75 Å². The molecule has 2 atom stereocenters. The minimum Gasteiger partial charge on any atom is -0.488 e. The molecule has 2 heterocycles. The van der Waals surface area contributed by atoms with Crippen LogP contribution < -0.4 is 10.5 Å². The molecule has 1 saturated heterocycles. The lowest BCUT2D eigenvalue weighted by molar-refractivity contribution is -0.132. The number of likely N-dealkylation sites (tertiary alicyclic amines) is 1. The third kappa shape index (κ3) is 4.46. The molecule has 0 bridgehead atoms. The van der Waals surface area contributed by atoms with Gasteiger partial charge in [-0.05, 0) is 48.9 Å². The van der Waals surface area contributed by atoms with E-state index in [4.69, 9.17) is 10.5 Å². The van der Waals surface area contributed by atoms with E-state index in [1.54, 1.807) is 0 Å². The van der Waals surface area contributed by atoms with Crippen molar-refractivity contribution in [2.24, 2.45) is 11.7 Å².